The second-order valence-electron chi connectivity index (χ2n) is 6.60. The molecule has 0 aliphatic rings. The van der Waals surface area contributed by atoms with Crippen molar-refractivity contribution in [2.75, 3.05) is 19.5 Å². The number of methoxy groups -OCH3 is 2. The maximum absolute atomic E-state index is 10.0. The quantitative estimate of drug-likeness (QED) is 0.301. The van der Waals surface area contributed by atoms with Crippen LogP contribution >= 0.6 is 0 Å². The van der Waals surface area contributed by atoms with Gasteiger partial charge in [-0.05, 0) is 42.5 Å². The predicted molar refractivity (Wildman–Crippen MR) is 140 cm³/mol. The minimum Gasteiger partial charge on any atom is -0.504 e. The van der Waals surface area contributed by atoms with E-state index in [1.807, 2.05) is 76.2 Å². The maximum atomic E-state index is 10.0. The highest BCUT2D eigenvalue weighted by Crippen LogP contribution is 2.37. The maximum Gasteiger partial charge on any atom is 0.169 e. The van der Waals surface area contributed by atoms with Crippen molar-refractivity contribution < 1.29 is 19.3 Å². The molecule has 1 aromatic heterocycles. The predicted octanol–water partition coefficient (Wildman–Crippen LogP) is 7.42. The van der Waals surface area contributed by atoms with Crippen molar-refractivity contribution in [2.45, 2.75) is 27.7 Å². The van der Waals surface area contributed by atoms with Gasteiger partial charge in [0.05, 0.1) is 31.0 Å². The Bertz CT molecular complexity index is 1280. The van der Waals surface area contributed by atoms with Gasteiger partial charge in [-0.2, -0.15) is 5.26 Å². The second kappa shape index (κ2) is 13.3. The number of para-hydroxylation sites is 2. The second-order valence-corrected chi connectivity index (χ2v) is 6.60. The fourth-order valence-corrected chi connectivity index (χ4v) is 3.17. The summed E-state index contributed by atoms with van der Waals surface area (Å²) in [5, 5.41) is 23.5. The van der Waals surface area contributed by atoms with E-state index in [0.717, 1.165) is 5.69 Å². The van der Waals surface area contributed by atoms with Gasteiger partial charge >= 0.3 is 0 Å². The Morgan fingerprint density at radius 2 is 1.49 bits per heavy atom. The third-order valence-electron chi connectivity index (χ3n) is 4.71. The van der Waals surface area contributed by atoms with Crippen LogP contribution in [0.25, 0.3) is 10.9 Å². The van der Waals surface area contributed by atoms with Crippen LogP contribution in [0.2, 0.25) is 0 Å². The van der Waals surface area contributed by atoms with Crippen molar-refractivity contribution in [2.24, 2.45) is 0 Å². The number of rotatable bonds is 6. The molecule has 0 aliphatic carbocycles. The molecule has 2 N–H and O–H groups in total. The number of phenolic OH excluding ortho intramolecular Hbond substituents is 1. The molecule has 1 heterocycles. The number of fused-ring (bicyclic) bond motifs is 1. The highest BCUT2D eigenvalue weighted by molar-refractivity contribution is 5.97. The Hall–Kier alpha value is -4.44. The average Bonchev–Trinajstić information content (AvgIpc) is 2.92. The molecule has 4 rings (SSSR count). The Kier molecular flexibility index (Phi) is 10.2. The average molecular weight is 474 g/mol. The summed E-state index contributed by atoms with van der Waals surface area (Å²) in [6.45, 7) is 8.00. The van der Waals surface area contributed by atoms with Crippen molar-refractivity contribution >= 4 is 22.3 Å². The van der Waals surface area contributed by atoms with Crippen molar-refractivity contribution in [3.63, 3.8) is 0 Å². The zero-order valence-electron chi connectivity index (χ0n) is 20.9. The summed E-state index contributed by atoms with van der Waals surface area (Å²) in [6, 6.07) is 20.0. The van der Waals surface area contributed by atoms with Crippen LogP contribution in [0, 0.1) is 11.3 Å². The molecule has 0 spiro atoms. The normalized spacial score (nSPS) is 9.51. The number of aromatic nitrogens is 1. The molecule has 182 valence electrons. The molecular formula is C28H31N3O4. The van der Waals surface area contributed by atoms with Crippen LogP contribution in [0.15, 0.2) is 66.9 Å². The minimum absolute atomic E-state index is 0.0176. The standard InChI is InChI=1S/C24H19N3O4.2C2H6/c1-29-21-5-3-4-6-22(21)31-17-9-7-16(8-10-17)27-24-15(13-25)14-26-19-12-20(28)23(30-2)11-18(19)24;2*1-2/h3-12,14,28H,1-2H3,(H,26,27);2*1-2H3. The van der Waals surface area contributed by atoms with E-state index in [-0.39, 0.29) is 5.75 Å². The molecule has 0 amide bonds. The number of ether oxygens (including phenoxy) is 3. The summed E-state index contributed by atoms with van der Waals surface area (Å²) in [7, 11) is 3.06. The van der Waals surface area contributed by atoms with E-state index in [0.29, 0.717) is 45.2 Å². The van der Waals surface area contributed by atoms with Gasteiger partial charge in [0.1, 0.15) is 11.8 Å². The molecule has 35 heavy (non-hydrogen) atoms. The van der Waals surface area contributed by atoms with Gasteiger partial charge in [-0.3, -0.25) is 4.98 Å². The van der Waals surface area contributed by atoms with Gasteiger partial charge in [0.15, 0.2) is 23.0 Å². The molecule has 0 unspecified atom stereocenters. The lowest BCUT2D eigenvalue weighted by Gasteiger charge is -2.14. The summed E-state index contributed by atoms with van der Waals surface area (Å²) in [4.78, 5) is 4.26. The molecule has 4 aromatic rings. The van der Waals surface area contributed by atoms with E-state index in [9.17, 15) is 10.4 Å². The monoisotopic (exact) mass is 473 g/mol. The summed E-state index contributed by atoms with van der Waals surface area (Å²) < 4.78 is 16.4. The summed E-state index contributed by atoms with van der Waals surface area (Å²) >= 11 is 0. The first-order valence-electron chi connectivity index (χ1n) is 11.4. The highest BCUT2D eigenvalue weighted by atomic mass is 16.5. The van der Waals surface area contributed by atoms with Crippen molar-refractivity contribution in [3.8, 4) is 34.8 Å². The van der Waals surface area contributed by atoms with Crippen LogP contribution in [0.3, 0.4) is 0 Å². The van der Waals surface area contributed by atoms with E-state index < -0.39 is 0 Å². The van der Waals surface area contributed by atoms with Gasteiger partial charge in [0.25, 0.3) is 0 Å². The van der Waals surface area contributed by atoms with E-state index in [2.05, 4.69) is 16.4 Å². The molecule has 0 atom stereocenters. The first-order chi connectivity index (χ1) is 17.1. The number of hydrogen-bond donors (Lipinski definition) is 2. The van der Waals surface area contributed by atoms with Crippen LogP contribution < -0.4 is 19.5 Å². The van der Waals surface area contributed by atoms with Gasteiger partial charge in [0.2, 0.25) is 0 Å². The van der Waals surface area contributed by atoms with E-state index in [1.54, 1.807) is 13.2 Å². The van der Waals surface area contributed by atoms with E-state index in [1.165, 1.54) is 19.4 Å². The Morgan fingerprint density at radius 3 is 2.09 bits per heavy atom. The lowest BCUT2D eigenvalue weighted by Crippen LogP contribution is -1.97. The van der Waals surface area contributed by atoms with Gasteiger partial charge in [-0.25, -0.2) is 0 Å². The smallest absolute Gasteiger partial charge is 0.169 e. The number of phenols is 1. The number of anilines is 2. The summed E-state index contributed by atoms with van der Waals surface area (Å²) in [5.74, 6) is 2.18. The number of hydrogen-bond acceptors (Lipinski definition) is 7. The first-order valence-corrected chi connectivity index (χ1v) is 11.4. The SMILES string of the molecule is CC.CC.COc1cc2c(Nc3ccc(Oc4ccccc4OC)cc3)c(C#N)cnc2cc1O. The zero-order valence-corrected chi connectivity index (χ0v) is 20.9. The molecule has 3 aromatic carbocycles. The molecule has 0 fully saturated rings. The van der Waals surface area contributed by atoms with Gasteiger partial charge in [-0.1, -0.05) is 39.8 Å². The number of nitrogens with zero attached hydrogens (tertiary/aromatic N) is 2. The van der Waals surface area contributed by atoms with Crippen LogP contribution in [0.5, 0.6) is 28.7 Å². The number of benzene rings is 3. The Morgan fingerprint density at radius 1 is 0.857 bits per heavy atom. The lowest BCUT2D eigenvalue weighted by molar-refractivity contribution is 0.374. The molecular weight excluding hydrogens is 442 g/mol. The summed E-state index contributed by atoms with van der Waals surface area (Å²) in [6.07, 6.45) is 1.47. The van der Waals surface area contributed by atoms with Crippen LogP contribution in [0.1, 0.15) is 33.3 Å². The van der Waals surface area contributed by atoms with Crippen LogP contribution in [-0.2, 0) is 0 Å². The zero-order chi connectivity index (χ0) is 25.8. The van der Waals surface area contributed by atoms with E-state index >= 15 is 0 Å². The third-order valence-corrected chi connectivity index (χ3v) is 4.71. The molecule has 7 heteroatoms. The van der Waals surface area contributed by atoms with Crippen molar-refractivity contribution in [3.05, 3.63) is 72.4 Å². The van der Waals surface area contributed by atoms with Crippen LogP contribution in [-0.4, -0.2) is 24.3 Å². The summed E-state index contributed by atoms with van der Waals surface area (Å²) in [5.41, 5.74) is 2.23. The molecule has 0 radical (unpaired) electrons. The third kappa shape index (κ3) is 6.33. The molecule has 0 aliphatic heterocycles. The van der Waals surface area contributed by atoms with Gasteiger partial charge in [-0.15, -0.1) is 0 Å². The fraction of sp³-hybridized carbons (Fsp3) is 0.214. The molecule has 0 saturated carbocycles. The molecule has 0 saturated heterocycles. The highest BCUT2D eigenvalue weighted by Gasteiger charge is 2.13. The van der Waals surface area contributed by atoms with E-state index in [4.69, 9.17) is 14.2 Å². The number of nitriles is 1. The van der Waals surface area contributed by atoms with Gasteiger partial charge in [0, 0.05) is 23.3 Å². The largest absolute Gasteiger partial charge is 0.504 e. The van der Waals surface area contributed by atoms with Crippen molar-refractivity contribution in [1.82, 2.24) is 4.98 Å². The fourth-order valence-electron chi connectivity index (χ4n) is 3.17. The van der Waals surface area contributed by atoms with Crippen molar-refractivity contribution in [1.29, 1.82) is 5.26 Å². The Labute approximate surface area is 206 Å². The molecule has 7 nitrogen and oxygen atoms in total. The molecule has 0 bridgehead atoms. The number of nitrogens with one attached hydrogen (secondary N) is 1. The minimum atomic E-state index is -0.0176. The topological polar surface area (TPSA) is 96.6 Å². The Balaban J connectivity index is 0.00000103. The first kappa shape index (κ1) is 26.8. The van der Waals surface area contributed by atoms with Gasteiger partial charge < -0.3 is 24.6 Å². The van der Waals surface area contributed by atoms with Crippen LogP contribution in [0.4, 0.5) is 11.4 Å². The number of aromatic hydroxyl groups is 1. The number of pyridine rings is 1. The lowest BCUT2D eigenvalue weighted by atomic mass is 10.1.